The van der Waals surface area contributed by atoms with E-state index >= 15 is 0 Å². The van der Waals surface area contributed by atoms with Crippen LogP contribution in [0.1, 0.15) is 20.3 Å². The van der Waals surface area contributed by atoms with Gasteiger partial charge in [0.15, 0.2) is 0 Å². The predicted molar refractivity (Wildman–Crippen MR) is 59.0 cm³/mol. The molecule has 0 saturated carbocycles. The van der Waals surface area contributed by atoms with Gasteiger partial charge in [0.1, 0.15) is 5.75 Å². The highest BCUT2D eigenvalue weighted by atomic mass is 16.5. The van der Waals surface area contributed by atoms with E-state index in [9.17, 15) is 0 Å². The van der Waals surface area contributed by atoms with Gasteiger partial charge >= 0.3 is 7.48 Å². The normalized spacial score (nSPS) is 10.3. The van der Waals surface area contributed by atoms with Gasteiger partial charge < -0.3 is 9.76 Å². The van der Waals surface area contributed by atoms with E-state index in [2.05, 4.69) is 13.8 Å². The fourth-order valence-electron chi connectivity index (χ4n) is 1.12. The molecule has 0 aliphatic heterocycles. The molecule has 1 N–H and O–H groups in total. The zero-order valence-corrected chi connectivity index (χ0v) is 8.73. The molecule has 1 rings (SSSR count). The van der Waals surface area contributed by atoms with E-state index in [1.165, 1.54) is 0 Å². The topological polar surface area (TPSA) is 29.5 Å². The number of para-hydroxylation sites is 1. The van der Waals surface area contributed by atoms with Gasteiger partial charge in [0.25, 0.3) is 0 Å². The zero-order chi connectivity index (χ0) is 10.4. The van der Waals surface area contributed by atoms with Crippen LogP contribution in [-0.2, 0) is 0 Å². The Morgan fingerprint density at radius 3 is 2.71 bits per heavy atom. The summed E-state index contributed by atoms with van der Waals surface area (Å²) in [5, 5.41) is 8.92. The Morgan fingerprint density at radius 2 is 2.07 bits per heavy atom. The first-order chi connectivity index (χ1) is 6.74. The van der Waals surface area contributed by atoms with Crippen molar-refractivity contribution < 1.29 is 9.76 Å². The standard InChI is InChI=1S/C11H16BO2/c1-9(2)7-8-14-11-6-4-3-5-10(11)12-13/h3-6,9,13H,7-8H2,1-2H3. The van der Waals surface area contributed by atoms with Crippen molar-refractivity contribution >= 4 is 12.9 Å². The highest BCUT2D eigenvalue weighted by Gasteiger charge is 2.03. The number of benzene rings is 1. The van der Waals surface area contributed by atoms with Crippen LogP contribution < -0.4 is 10.2 Å². The molecule has 0 bridgehead atoms. The molecular formula is C11H16BO2. The second-order valence-corrected chi connectivity index (χ2v) is 3.70. The predicted octanol–water partition coefficient (Wildman–Crippen LogP) is 1.35. The van der Waals surface area contributed by atoms with Crippen LogP contribution in [0.3, 0.4) is 0 Å². The third-order valence-electron chi connectivity index (χ3n) is 2.01. The van der Waals surface area contributed by atoms with E-state index in [1.807, 2.05) is 24.3 Å². The van der Waals surface area contributed by atoms with Crippen LogP contribution in [0.25, 0.3) is 0 Å². The first-order valence-corrected chi connectivity index (χ1v) is 4.93. The molecule has 0 amide bonds. The monoisotopic (exact) mass is 191 g/mol. The third kappa shape index (κ3) is 3.42. The summed E-state index contributed by atoms with van der Waals surface area (Å²) in [6.07, 6.45) is 1.03. The maximum Gasteiger partial charge on any atom is 0.330 e. The maximum atomic E-state index is 8.92. The van der Waals surface area contributed by atoms with Crippen LogP contribution in [0.15, 0.2) is 24.3 Å². The Balaban J connectivity index is 2.49. The molecule has 14 heavy (non-hydrogen) atoms. The molecule has 0 spiro atoms. The molecule has 0 aliphatic rings. The van der Waals surface area contributed by atoms with Gasteiger partial charge in [-0.25, -0.2) is 0 Å². The maximum absolute atomic E-state index is 8.92. The summed E-state index contributed by atoms with van der Waals surface area (Å²) >= 11 is 0. The van der Waals surface area contributed by atoms with Crippen molar-refractivity contribution in [2.24, 2.45) is 5.92 Å². The Morgan fingerprint density at radius 1 is 1.36 bits per heavy atom. The number of rotatable bonds is 5. The van der Waals surface area contributed by atoms with Crippen molar-refractivity contribution in [3.05, 3.63) is 24.3 Å². The fraction of sp³-hybridized carbons (Fsp3) is 0.455. The van der Waals surface area contributed by atoms with Crippen LogP contribution >= 0.6 is 0 Å². The molecule has 0 atom stereocenters. The van der Waals surface area contributed by atoms with Crippen molar-refractivity contribution in [2.45, 2.75) is 20.3 Å². The molecule has 0 aliphatic carbocycles. The highest BCUT2D eigenvalue weighted by Crippen LogP contribution is 2.07. The van der Waals surface area contributed by atoms with Gasteiger partial charge in [-0.15, -0.1) is 0 Å². The number of hydrogen-bond acceptors (Lipinski definition) is 2. The van der Waals surface area contributed by atoms with E-state index in [0.29, 0.717) is 12.5 Å². The van der Waals surface area contributed by atoms with Crippen LogP contribution in [0.4, 0.5) is 0 Å². The van der Waals surface area contributed by atoms with Gasteiger partial charge in [-0.05, 0) is 23.9 Å². The summed E-state index contributed by atoms with van der Waals surface area (Å²) in [6.45, 7) is 5.02. The third-order valence-corrected chi connectivity index (χ3v) is 2.01. The van der Waals surface area contributed by atoms with Gasteiger partial charge in [0.05, 0.1) is 6.61 Å². The van der Waals surface area contributed by atoms with Gasteiger partial charge in [-0.2, -0.15) is 0 Å². The summed E-state index contributed by atoms with van der Waals surface area (Å²) < 4.78 is 5.55. The average Bonchev–Trinajstić information content (AvgIpc) is 2.18. The van der Waals surface area contributed by atoms with E-state index < -0.39 is 0 Å². The van der Waals surface area contributed by atoms with Gasteiger partial charge in [-0.1, -0.05) is 32.0 Å². The highest BCUT2D eigenvalue weighted by molar-refractivity contribution is 6.46. The summed E-state index contributed by atoms with van der Waals surface area (Å²) in [6, 6.07) is 7.46. The van der Waals surface area contributed by atoms with E-state index in [-0.39, 0.29) is 0 Å². The average molecular weight is 191 g/mol. The number of hydrogen-bond donors (Lipinski definition) is 1. The number of ether oxygens (including phenoxy) is 1. The SMILES string of the molecule is CC(C)CCOc1ccccc1[B]O. The van der Waals surface area contributed by atoms with Crippen molar-refractivity contribution in [2.75, 3.05) is 6.61 Å². The molecule has 0 saturated heterocycles. The quantitative estimate of drug-likeness (QED) is 0.711. The van der Waals surface area contributed by atoms with Crippen molar-refractivity contribution in [1.82, 2.24) is 0 Å². The van der Waals surface area contributed by atoms with Crippen molar-refractivity contribution in [3.63, 3.8) is 0 Å². The van der Waals surface area contributed by atoms with Crippen LogP contribution in [-0.4, -0.2) is 19.1 Å². The molecular weight excluding hydrogens is 175 g/mol. The first-order valence-electron chi connectivity index (χ1n) is 4.93. The summed E-state index contributed by atoms with van der Waals surface area (Å²) in [4.78, 5) is 0. The molecule has 0 aromatic heterocycles. The molecule has 1 aromatic rings. The summed E-state index contributed by atoms with van der Waals surface area (Å²) in [7, 11) is 1.07. The Hall–Kier alpha value is -0.955. The van der Waals surface area contributed by atoms with Crippen LogP contribution in [0.5, 0.6) is 5.75 Å². The molecule has 0 heterocycles. The second kappa shape index (κ2) is 5.71. The van der Waals surface area contributed by atoms with Crippen LogP contribution in [0.2, 0.25) is 0 Å². The first kappa shape index (κ1) is 11.1. The Bertz CT molecular complexity index is 274. The molecule has 0 unspecified atom stereocenters. The van der Waals surface area contributed by atoms with Crippen molar-refractivity contribution in [3.8, 4) is 5.75 Å². The van der Waals surface area contributed by atoms with Gasteiger partial charge in [0, 0.05) is 0 Å². The molecule has 75 valence electrons. The minimum Gasteiger partial charge on any atom is -0.494 e. The summed E-state index contributed by atoms with van der Waals surface area (Å²) in [5.41, 5.74) is 0.733. The fourth-order valence-corrected chi connectivity index (χ4v) is 1.12. The molecule has 1 radical (unpaired) electrons. The minimum absolute atomic E-state index is 0.639. The van der Waals surface area contributed by atoms with Crippen molar-refractivity contribution in [1.29, 1.82) is 0 Å². The van der Waals surface area contributed by atoms with Gasteiger partial charge in [0.2, 0.25) is 0 Å². The lowest BCUT2D eigenvalue weighted by Gasteiger charge is -2.10. The molecule has 0 fully saturated rings. The molecule has 3 heteroatoms. The van der Waals surface area contributed by atoms with E-state index in [1.54, 1.807) is 0 Å². The van der Waals surface area contributed by atoms with Crippen LogP contribution in [0, 0.1) is 5.92 Å². The summed E-state index contributed by atoms with van der Waals surface area (Å²) in [5.74, 6) is 1.39. The lowest BCUT2D eigenvalue weighted by Crippen LogP contribution is -2.17. The smallest absolute Gasteiger partial charge is 0.330 e. The van der Waals surface area contributed by atoms with E-state index in [0.717, 1.165) is 25.1 Å². The minimum atomic E-state index is 0.639. The lowest BCUT2D eigenvalue weighted by molar-refractivity contribution is 0.291. The van der Waals surface area contributed by atoms with Gasteiger partial charge in [-0.3, -0.25) is 0 Å². The largest absolute Gasteiger partial charge is 0.494 e. The van der Waals surface area contributed by atoms with E-state index in [4.69, 9.17) is 9.76 Å². The zero-order valence-electron chi connectivity index (χ0n) is 8.73. The Kier molecular flexibility index (Phi) is 4.53. The molecule has 1 aromatic carbocycles. The lowest BCUT2D eigenvalue weighted by atomic mass is 9.88. The molecule has 2 nitrogen and oxygen atoms in total. The Labute approximate surface area is 86.2 Å². The second-order valence-electron chi connectivity index (χ2n) is 3.70.